The van der Waals surface area contributed by atoms with Gasteiger partial charge in [-0.05, 0) is 31.4 Å². The molecule has 0 atom stereocenters. The molecule has 27 heavy (non-hydrogen) atoms. The van der Waals surface area contributed by atoms with E-state index in [2.05, 4.69) is 20.3 Å². The molecule has 0 aliphatic carbocycles. The molecule has 1 saturated heterocycles. The van der Waals surface area contributed by atoms with Crippen molar-refractivity contribution in [3.8, 4) is 6.01 Å². The summed E-state index contributed by atoms with van der Waals surface area (Å²) in [5, 5.41) is 2.39. The molecule has 0 bridgehead atoms. The van der Waals surface area contributed by atoms with Crippen LogP contribution in [0.2, 0.25) is 0 Å². The number of hydrogen-bond acceptors (Lipinski definition) is 6. The van der Waals surface area contributed by atoms with E-state index in [1.165, 1.54) is 7.11 Å². The number of halogens is 3. The van der Waals surface area contributed by atoms with Gasteiger partial charge < -0.3 is 15.0 Å². The number of nitrogens with one attached hydrogen (secondary N) is 1. The van der Waals surface area contributed by atoms with Gasteiger partial charge in [0.25, 0.3) is 5.91 Å². The van der Waals surface area contributed by atoms with Gasteiger partial charge in [0.15, 0.2) is 23.3 Å². The van der Waals surface area contributed by atoms with E-state index >= 15 is 0 Å². The molecule has 1 N–H and O–H groups in total. The molecule has 3 rings (SSSR count). The van der Waals surface area contributed by atoms with Crippen LogP contribution in [0, 0.1) is 17.5 Å². The third kappa shape index (κ3) is 4.26. The molecule has 2 aromatic rings. The molecular formula is C17H18F3N5O2. The van der Waals surface area contributed by atoms with Gasteiger partial charge in [0, 0.05) is 13.1 Å². The van der Waals surface area contributed by atoms with E-state index in [1.54, 1.807) is 0 Å². The Labute approximate surface area is 153 Å². The second kappa shape index (κ2) is 8.19. The van der Waals surface area contributed by atoms with Gasteiger partial charge in [-0.3, -0.25) is 4.79 Å². The van der Waals surface area contributed by atoms with Crippen molar-refractivity contribution in [2.24, 2.45) is 0 Å². The molecule has 7 nitrogen and oxygen atoms in total. The number of methoxy groups -OCH3 is 1. The lowest BCUT2D eigenvalue weighted by Gasteiger charge is -2.26. The smallest absolute Gasteiger partial charge is 0.321 e. The Bertz CT molecular complexity index is 844. The normalized spacial score (nSPS) is 14.1. The van der Waals surface area contributed by atoms with Crippen LogP contribution in [-0.4, -0.2) is 41.1 Å². The van der Waals surface area contributed by atoms with E-state index < -0.39 is 28.9 Å². The Morgan fingerprint density at radius 1 is 1.11 bits per heavy atom. The highest BCUT2D eigenvalue weighted by atomic mass is 19.2. The predicted octanol–water partition coefficient (Wildman–Crippen LogP) is 2.22. The number of amides is 1. The highest BCUT2D eigenvalue weighted by Gasteiger charge is 2.20. The first-order chi connectivity index (χ1) is 13.0. The maximum atomic E-state index is 13.7. The molecule has 1 aliphatic heterocycles. The molecule has 10 heteroatoms. The summed E-state index contributed by atoms with van der Waals surface area (Å²) >= 11 is 0. The minimum absolute atomic E-state index is 0.0915. The van der Waals surface area contributed by atoms with Crippen LogP contribution >= 0.6 is 0 Å². The van der Waals surface area contributed by atoms with E-state index in [4.69, 9.17) is 4.74 Å². The lowest BCUT2D eigenvalue weighted by molar-refractivity contribution is 0.0944. The second-order valence-corrected chi connectivity index (χ2v) is 5.99. The highest BCUT2D eigenvalue weighted by molar-refractivity contribution is 5.94. The molecule has 0 radical (unpaired) electrons. The van der Waals surface area contributed by atoms with Crippen LogP contribution in [-0.2, 0) is 6.54 Å². The average molecular weight is 381 g/mol. The minimum atomic E-state index is -1.70. The molecule has 2 heterocycles. The first-order valence-electron chi connectivity index (χ1n) is 8.45. The molecule has 1 fully saturated rings. The van der Waals surface area contributed by atoms with Gasteiger partial charge in [0.2, 0.25) is 5.95 Å². The van der Waals surface area contributed by atoms with Crippen LogP contribution in [0.3, 0.4) is 0 Å². The Hall–Kier alpha value is -2.91. The number of carbonyl (C=O) groups excluding carboxylic acids is 1. The molecule has 1 aromatic heterocycles. The van der Waals surface area contributed by atoms with Crippen molar-refractivity contribution in [2.45, 2.75) is 25.8 Å². The lowest BCUT2D eigenvalue weighted by Crippen LogP contribution is -2.32. The maximum Gasteiger partial charge on any atom is 0.321 e. The van der Waals surface area contributed by atoms with E-state index in [0.29, 0.717) is 12.0 Å². The van der Waals surface area contributed by atoms with Crippen molar-refractivity contribution in [3.05, 3.63) is 41.0 Å². The fraction of sp³-hybridized carbons (Fsp3) is 0.412. The van der Waals surface area contributed by atoms with Gasteiger partial charge in [-0.2, -0.15) is 15.0 Å². The maximum absolute atomic E-state index is 13.7. The van der Waals surface area contributed by atoms with Gasteiger partial charge in [-0.15, -0.1) is 0 Å². The van der Waals surface area contributed by atoms with Gasteiger partial charge in [-0.1, -0.05) is 0 Å². The number of aromatic nitrogens is 3. The largest absolute Gasteiger partial charge is 0.467 e. The van der Waals surface area contributed by atoms with Crippen molar-refractivity contribution in [1.82, 2.24) is 20.3 Å². The van der Waals surface area contributed by atoms with E-state index in [9.17, 15) is 18.0 Å². The van der Waals surface area contributed by atoms with E-state index in [0.717, 1.165) is 38.4 Å². The monoisotopic (exact) mass is 381 g/mol. The van der Waals surface area contributed by atoms with Crippen LogP contribution in [0.5, 0.6) is 6.01 Å². The summed E-state index contributed by atoms with van der Waals surface area (Å²) in [6.07, 6.45) is 3.19. The lowest BCUT2D eigenvalue weighted by atomic mass is 10.1. The quantitative estimate of drug-likeness (QED) is 0.800. The topological polar surface area (TPSA) is 80.2 Å². The summed E-state index contributed by atoms with van der Waals surface area (Å²) < 4.78 is 45.1. The van der Waals surface area contributed by atoms with Crippen molar-refractivity contribution < 1.29 is 22.7 Å². The van der Waals surface area contributed by atoms with Crippen molar-refractivity contribution >= 4 is 11.9 Å². The SMILES string of the molecule is COc1nc(CNC(=O)c2ccc(F)c(F)c2F)nc(N2CCCCC2)n1. The zero-order chi connectivity index (χ0) is 19.4. The van der Waals surface area contributed by atoms with Crippen LogP contribution in [0.25, 0.3) is 0 Å². The number of hydrogen-bond donors (Lipinski definition) is 1. The summed E-state index contributed by atoms with van der Waals surface area (Å²) in [4.78, 5) is 26.7. The Balaban J connectivity index is 1.75. The zero-order valence-corrected chi connectivity index (χ0v) is 14.6. The Morgan fingerprint density at radius 3 is 2.56 bits per heavy atom. The number of anilines is 1. The van der Waals surface area contributed by atoms with Gasteiger partial charge >= 0.3 is 6.01 Å². The first kappa shape index (κ1) is 18.9. The molecule has 144 valence electrons. The van der Waals surface area contributed by atoms with Gasteiger partial charge in [-0.25, -0.2) is 13.2 Å². The molecular weight excluding hydrogens is 363 g/mol. The molecule has 1 aliphatic rings. The van der Waals surface area contributed by atoms with E-state index in [1.807, 2.05) is 4.90 Å². The number of carbonyl (C=O) groups is 1. The number of ether oxygens (including phenoxy) is 1. The summed E-state index contributed by atoms with van der Waals surface area (Å²) in [6, 6.07) is 1.65. The second-order valence-electron chi connectivity index (χ2n) is 5.99. The zero-order valence-electron chi connectivity index (χ0n) is 14.6. The van der Waals surface area contributed by atoms with Crippen LogP contribution in [0.1, 0.15) is 35.4 Å². The molecule has 0 saturated carbocycles. The van der Waals surface area contributed by atoms with E-state index in [-0.39, 0.29) is 18.4 Å². The number of nitrogens with zero attached hydrogens (tertiary/aromatic N) is 4. The highest BCUT2D eigenvalue weighted by Crippen LogP contribution is 2.18. The molecule has 1 aromatic carbocycles. The van der Waals surface area contributed by atoms with Crippen LogP contribution < -0.4 is 15.0 Å². The standard InChI is InChI=1S/C17H18F3N5O2/c1-27-17-23-12(22-16(24-17)25-7-3-2-4-8-25)9-21-15(26)10-5-6-11(18)14(20)13(10)19/h5-6H,2-4,7-9H2,1H3,(H,21,26). The number of benzene rings is 1. The van der Waals surface area contributed by atoms with Crippen molar-refractivity contribution in [1.29, 1.82) is 0 Å². The van der Waals surface area contributed by atoms with Gasteiger partial charge in [0.05, 0.1) is 19.2 Å². The minimum Gasteiger partial charge on any atom is -0.467 e. The third-order valence-electron chi connectivity index (χ3n) is 4.16. The third-order valence-corrected chi connectivity index (χ3v) is 4.16. The van der Waals surface area contributed by atoms with Crippen LogP contribution in [0.4, 0.5) is 19.1 Å². The Morgan fingerprint density at radius 2 is 1.85 bits per heavy atom. The van der Waals surface area contributed by atoms with Crippen LogP contribution in [0.15, 0.2) is 12.1 Å². The summed E-state index contributed by atoms with van der Waals surface area (Å²) in [5.41, 5.74) is -0.605. The van der Waals surface area contributed by atoms with Crippen molar-refractivity contribution in [2.75, 3.05) is 25.1 Å². The van der Waals surface area contributed by atoms with Gasteiger partial charge in [0.1, 0.15) is 0 Å². The average Bonchev–Trinajstić information content (AvgIpc) is 2.70. The van der Waals surface area contributed by atoms with Crippen molar-refractivity contribution in [3.63, 3.8) is 0 Å². The molecule has 1 amide bonds. The summed E-state index contributed by atoms with van der Waals surface area (Å²) in [6.45, 7) is 1.45. The number of rotatable bonds is 5. The fourth-order valence-corrected chi connectivity index (χ4v) is 2.75. The first-order valence-corrected chi connectivity index (χ1v) is 8.45. The molecule has 0 spiro atoms. The predicted molar refractivity (Wildman–Crippen MR) is 89.9 cm³/mol. The number of piperidine rings is 1. The summed E-state index contributed by atoms with van der Waals surface area (Å²) in [5.74, 6) is -4.88. The summed E-state index contributed by atoms with van der Waals surface area (Å²) in [7, 11) is 1.41. The molecule has 0 unspecified atom stereocenters. The fourth-order valence-electron chi connectivity index (χ4n) is 2.75. The Kier molecular flexibility index (Phi) is 5.72.